The zero-order valence-electron chi connectivity index (χ0n) is 11.7. The van der Waals surface area contributed by atoms with Gasteiger partial charge in [0.1, 0.15) is 0 Å². The molecule has 1 aliphatic rings. The molecule has 0 aromatic heterocycles. The second-order valence-corrected chi connectivity index (χ2v) is 6.66. The van der Waals surface area contributed by atoms with Gasteiger partial charge in [-0.25, -0.2) is 4.39 Å². The van der Waals surface area contributed by atoms with E-state index in [0.29, 0.717) is 6.42 Å². The van der Waals surface area contributed by atoms with E-state index < -0.39 is 44.9 Å². The summed E-state index contributed by atoms with van der Waals surface area (Å²) in [6.07, 6.45) is -0.690. The minimum absolute atomic E-state index is 0.116. The quantitative estimate of drug-likeness (QED) is 0.317. The molecule has 0 aromatic carbocycles. The molecule has 0 atom stereocenters. The Hall–Kier alpha value is -0.300. The molecule has 142 valence electrons. The van der Waals surface area contributed by atoms with E-state index in [1.807, 2.05) is 0 Å². The van der Waals surface area contributed by atoms with Gasteiger partial charge in [0.05, 0.1) is 0 Å². The predicted octanol–water partition coefficient (Wildman–Crippen LogP) is 6.39. The van der Waals surface area contributed by atoms with Gasteiger partial charge in [-0.1, -0.05) is 13.3 Å². The second-order valence-electron chi connectivity index (χ2n) is 5.28. The van der Waals surface area contributed by atoms with E-state index >= 15 is 0 Å². The van der Waals surface area contributed by atoms with Crippen molar-refractivity contribution in [1.29, 1.82) is 0 Å². The first-order chi connectivity index (χ1) is 10.5. The van der Waals surface area contributed by atoms with Gasteiger partial charge >= 0.3 is 29.6 Å². The van der Waals surface area contributed by atoms with Crippen LogP contribution in [0.15, 0.2) is 9.66 Å². The van der Waals surface area contributed by atoms with Crippen molar-refractivity contribution >= 4 is 22.6 Å². The number of halogens is 12. The summed E-state index contributed by atoms with van der Waals surface area (Å²) in [5.74, 6) is -34.8. The molecule has 24 heavy (non-hydrogen) atoms. The molecule has 1 saturated carbocycles. The molecule has 0 aliphatic heterocycles. The summed E-state index contributed by atoms with van der Waals surface area (Å²) in [6, 6.07) is 0. The summed E-state index contributed by atoms with van der Waals surface area (Å²) in [4.78, 5) is 0. The smallest absolute Gasteiger partial charge is 0.225 e. The Bertz CT molecular complexity index is 493. The van der Waals surface area contributed by atoms with Crippen LogP contribution >= 0.6 is 22.6 Å². The van der Waals surface area contributed by atoms with E-state index in [9.17, 15) is 48.3 Å². The zero-order chi connectivity index (χ0) is 19.4. The molecule has 0 heterocycles. The van der Waals surface area contributed by atoms with Gasteiger partial charge in [-0.05, 0) is 45.1 Å². The lowest BCUT2D eigenvalue weighted by Crippen LogP contribution is -2.83. The standard InChI is InChI=1S/C12H10F11I/c1-2-3-4-6(24)5-7(13)8(14,15)10(18,19)12(22,23)11(20,21)9(7,16)17/h5H,2-4H2,1H3. The highest BCUT2D eigenvalue weighted by atomic mass is 127. The van der Waals surface area contributed by atoms with Crippen LogP contribution in [0.25, 0.3) is 0 Å². The summed E-state index contributed by atoms with van der Waals surface area (Å²) in [7, 11) is 0. The maximum atomic E-state index is 14.3. The Morgan fingerprint density at radius 1 is 0.708 bits per heavy atom. The third kappa shape index (κ3) is 2.37. The maximum Gasteiger partial charge on any atom is 0.384 e. The summed E-state index contributed by atoms with van der Waals surface area (Å²) in [5, 5.41) is 0. The van der Waals surface area contributed by atoms with E-state index in [-0.39, 0.29) is 12.8 Å². The Morgan fingerprint density at radius 3 is 1.38 bits per heavy atom. The second kappa shape index (κ2) is 5.86. The normalized spacial score (nSPS) is 29.3. The van der Waals surface area contributed by atoms with Gasteiger partial charge in [-0.2, -0.15) is 43.9 Å². The van der Waals surface area contributed by atoms with Crippen molar-refractivity contribution in [2.45, 2.75) is 61.5 Å². The minimum atomic E-state index is -7.16. The molecule has 1 fully saturated rings. The molecule has 0 aromatic rings. The fourth-order valence-corrected chi connectivity index (χ4v) is 2.87. The van der Waals surface area contributed by atoms with Crippen molar-refractivity contribution in [3.63, 3.8) is 0 Å². The largest absolute Gasteiger partial charge is 0.384 e. The first-order valence-electron chi connectivity index (χ1n) is 6.41. The Kier molecular flexibility index (Phi) is 5.31. The Labute approximate surface area is 142 Å². The van der Waals surface area contributed by atoms with Gasteiger partial charge in [0.2, 0.25) is 0 Å². The molecule has 0 N–H and O–H groups in total. The van der Waals surface area contributed by atoms with Crippen molar-refractivity contribution in [1.82, 2.24) is 0 Å². The average molecular weight is 490 g/mol. The van der Waals surface area contributed by atoms with Crippen molar-refractivity contribution in [2.75, 3.05) is 0 Å². The summed E-state index contributed by atoms with van der Waals surface area (Å²) in [5.41, 5.74) is -6.00. The summed E-state index contributed by atoms with van der Waals surface area (Å²) < 4.78 is 147. The molecular formula is C12H10F11I. The van der Waals surface area contributed by atoms with Crippen molar-refractivity contribution in [2.24, 2.45) is 0 Å². The van der Waals surface area contributed by atoms with Gasteiger partial charge in [0.25, 0.3) is 5.67 Å². The van der Waals surface area contributed by atoms with E-state index in [1.54, 1.807) is 6.92 Å². The monoisotopic (exact) mass is 490 g/mol. The fraction of sp³-hybridized carbons (Fsp3) is 0.833. The lowest BCUT2D eigenvalue weighted by Gasteiger charge is -2.51. The number of allylic oxidation sites excluding steroid dienone is 2. The number of unbranched alkanes of at least 4 members (excludes halogenated alkanes) is 1. The molecule has 0 amide bonds. The molecule has 12 heteroatoms. The Balaban J connectivity index is 3.69. The lowest BCUT2D eigenvalue weighted by molar-refractivity contribution is -0.476. The van der Waals surface area contributed by atoms with Gasteiger partial charge in [-0.3, -0.25) is 0 Å². The number of rotatable bonds is 4. The number of hydrogen-bond donors (Lipinski definition) is 0. The molecule has 0 unspecified atom stereocenters. The lowest BCUT2D eigenvalue weighted by atomic mass is 9.72. The van der Waals surface area contributed by atoms with Crippen LogP contribution in [0, 0.1) is 0 Å². The summed E-state index contributed by atoms with van der Waals surface area (Å²) in [6.45, 7) is 1.56. The van der Waals surface area contributed by atoms with E-state index in [0.717, 1.165) is 22.6 Å². The molecular weight excluding hydrogens is 480 g/mol. The van der Waals surface area contributed by atoms with E-state index in [4.69, 9.17) is 0 Å². The van der Waals surface area contributed by atoms with Crippen LogP contribution in [0.1, 0.15) is 26.2 Å². The first kappa shape index (κ1) is 21.7. The number of hydrogen-bond acceptors (Lipinski definition) is 0. The third-order valence-electron chi connectivity index (χ3n) is 3.62. The first-order valence-corrected chi connectivity index (χ1v) is 7.48. The zero-order valence-corrected chi connectivity index (χ0v) is 13.9. The molecule has 0 spiro atoms. The minimum Gasteiger partial charge on any atom is -0.225 e. The fourth-order valence-electron chi connectivity index (χ4n) is 2.06. The SMILES string of the molecule is CCCCC(I)=CC1(F)C(F)(F)C(F)(F)C(F)(F)C(F)(F)C1(F)F. The molecule has 0 bridgehead atoms. The summed E-state index contributed by atoms with van der Waals surface area (Å²) >= 11 is 1.02. The highest BCUT2D eigenvalue weighted by Gasteiger charge is 3.00. The van der Waals surface area contributed by atoms with Crippen LogP contribution in [0.2, 0.25) is 0 Å². The molecule has 1 aliphatic carbocycles. The molecule has 0 radical (unpaired) electrons. The highest BCUT2D eigenvalue weighted by Crippen LogP contribution is 2.69. The number of alkyl halides is 11. The van der Waals surface area contributed by atoms with Gasteiger partial charge < -0.3 is 0 Å². The van der Waals surface area contributed by atoms with Crippen LogP contribution in [0.5, 0.6) is 0 Å². The van der Waals surface area contributed by atoms with Crippen LogP contribution in [-0.4, -0.2) is 35.3 Å². The van der Waals surface area contributed by atoms with E-state index in [1.165, 1.54) is 0 Å². The molecule has 0 nitrogen and oxygen atoms in total. The van der Waals surface area contributed by atoms with Crippen LogP contribution in [0.4, 0.5) is 48.3 Å². The van der Waals surface area contributed by atoms with Crippen LogP contribution in [0.3, 0.4) is 0 Å². The van der Waals surface area contributed by atoms with Crippen molar-refractivity contribution in [3.8, 4) is 0 Å². The van der Waals surface area contributed by atoms with Crippen LogP contribution in [-0.2, 0) is 0 Å². The topological polar surface area (TPSA) is 0 Å². The predicted molar refractivity (Wildman–Crippen MR) is 70.2 cm³/mol. The molecule has 0 saturated heterocycles. The van der Waals surface area contributed by atoms with E-state index in [2.05, 4.69) is 0 Å². The average Bonchev–Trinajstić information content (AvgIpc) is 2.42. The van der Waals surface area contributed by atoms with Gasteiger partial charge in [0, 0.05) is 0 Å². The van der Waals surface area contributed by atoms with Gasteiger partial charge in [0.15, 0.2) is 0 Å². The third-order valence-corrected chi connectivity index (χ3v) is 4.47. The Morgan fingerprint density at radius 2 is 1.04 bits per heavy atom. The van der Waals surface area contributed by atoms with Crippen LogP contribution < -0.4 is 0 Å². The maximum absolute atomic E-state index is 14.3. The van der Waals surface area contributed by atoms with Crippen molar-refractivity contribution < 1.29 is 48.3 Å². The van der Waals surface area contributed by atoms with Gasteiger partial charge in [-0.15, -0.1) is 0 Å². The highest BCUT2D eigenvalue weighted by molar-refractivity contribution is 14.1. The molecule has 1 rings (SSSR count). The van der Waals surface area contributed by atoms with Crippen molar-refractivity contribution in [3.05, 3.63) is 9.66 Å².